The van der Waals surface area contributed by atoms with E-state index in [1.807, 2.05) is 18.2 Å². The molecule has 3 aromatic rings. The number of aromatic nitrogens is 1. The third-order valence-electron chi connectivity index (χ3n) is 3.40. The summed E-state index contributed by atoms with van der Waals surface area (Å²) in [6.07, 6.45) is 0. The number of benzene rings is 2. The summed E-state index contributed by atoms with van der Waals surface area (Å²) in [6, 6.07) is 16.0. The van der Waals surface area contributed by atoms with Gasteiger partial charge in [0.2, 0.25) is 11.7 Å². The van der Waals surface area contributed by atoms with Crippen LogP contribution in [0.15, 0.2) is 54.6 Å². The first-order chi connectivity index (χ1) is 12.1. The lowest BCUT2D eigenvalue weighted by Gasteiger charge is -2.03. The van der Waals surface area contributed by atoms with Gasteiger partial charge in [0.15, 0.2) is 5.82 Å². The predicted octanol–water partition coefficient (Wildman–Crippen LogP) is 3.59. The van der Waals surface area contributed by atoms with Crippen LogP contribution < -0.4 is 11.1 Å². The number of rotatable bonds is 5. The molecule has 7 heteroatoms. The van der Waals surface area contributed by atoms with Gasteiger partial charge in [-0.3, -0.25) is 9.59 Å². The minimum absolute atomic E-state index is 0.188. The number of ketones is 1. The van der Waals surface area contributed by atoms with E-state index in [2.05, 4.69) is 10.3 Å². The van der Waals surface area contributed by atoms with Crippen molar-refractivity contribution in [3.8, 4) is 10.6 Å². The number of halogens is 1. The normalized spacial score (nSPS) is 10.5. The molecule has 0 unspecified atom stereocenters. The first-order valence-electron chi connectivity index (χ1n) is 7.45. The van der Waals surface area contributed by atoms with E-state index in [-0.39, 0.29) is 18.1 Å². The largest absolute Gasteiger partial charge is 0.322 e. The van der Waals surface area contributed by atoms with Crippen LogP contribution in [0.2, 0.25) is 5.02 Å². The minimum atomic E-state index is -0.407. The van der Waals surface area contributed by atoms with Gasteiger partial charge >= 0.3 is 0 Å². The van der Waals surface area contributed by atoms with E-state index in [1.54, 1.807) is 36.4 Å². The quantitative estimate of drug-likeness (QED) is 0.671. The van der Waals surface area contributed by atoms with Gasteiger partial charge in [-0.15, -0.1) is 11.3 Å². The molecule has 0 fully saturated rings. The van der Waals surface area contributed by atoms with Crippen LogP contribution in [-0.2, 0) is 4.79 Å². The van der Waals surface area contributed by atoms with Crippen molar-refractivity contribution in [3.05, 3.63) is 70.1 Å². The zero-order chi connectivity index (χ0) is 17.8. The summed E-state index contributed by atoms with van der Waals surface area (Å²) in [7, 11) is 0. The lowest BCUT2D eigenvalue weighted by molar-refractivity contribution is -0.114. The monoisotopic (exact) mass is 371 g/mol. The average Bonchev–Trinajstić information content (AvgIpc) is 3.06. The van der Waals surface area contributed by atoms with Crippen LogP contribution in [0.3, 0.4) is 0 Å². The Hall–Kier alpha value is -2.54. The van der Waals surface area contributed by atoms with Crippen LogP contribution in [-0.4, -0.2) is 23.2 Å². The molecule has 0 bridgehead atoms. The SMILES string of the molecule is NCC(=O)Nc1nc(-c2ccc(Cl)cc2)sc1C(=O)c1ccccc1. The molecule has 0 atom stereocenters. The summed E-state index contributed by atoms with van der Waals surface area (Å²) in [5, 5.41) is 3.82. The molecule has 1 amide bonds. The molecule has 0 aliphatic carbocycles. The summed E-state index contributed by atoms with van der Waals surface area (Å²) >= 11 is 7.13. The molecular formula is C18H14ClN3O2S. The third-order valence-corrected chi connectivity index (χ3v) is 4.76. The standard InChI is InChI=1S/C18H14ClN3O2S/c19-13-8-6-12(7-9-13)18-22-17(21-14(23)10-20)16(25-18)15(24)11-4-2-1-3-5-11/h1-9H,10,20H2,(H,21,23). The van der Waals surface area contributed by atoms with Crippen LogP contribution in [0.25, 0.3) is 10.6 Å². The Kier molecular flexibility index (Phi) is 5.23. The summed E-state index contributed by atoms with van der Waals surface area (Å²) in [5.41, 5.74) is 6.69. The zero-order valence-corrected chi connectivity index (χ0v) is 14.6. The van der Waals surface area contributed by atoms with Gasteiger partial charge < -0.3 is 11.1 Å². The molecule has 3 rings (SSSR count). The van der Waals surface area contributed by atoms with Gasteiger partial charge in [-0.05, 0) is 12.1 Å². The van der Waals surface area contributed by atoms with Crippen molar-refractivity contribution in [2.45, 2.75) is 0 Å². The Labute approximate surface area is 153 Å². The number of carbonyl (C=O) groups is 2. The molecule has 0 spiro atoms. The molecular weight excluding hydrogens is 358 g/mol. The Morgan fingerprint density at radius 2 is 1.76 bits per heavy atom. The summed E-state index contributed by atoms with van der Waals surface area (Å²) in [6.45, 7) is -0.188. The maximum absolute atomic E-state index is 12.8. The Bertz CT molecular complexity index is 908. The number of anilines is 1. The Morgan fingerprint density at radius 1 is 1.08 bits per heavy atom. The van der Waals surface area contributed by atoms with Crippen molar-refractivity contribution in [1.82, 2.24) is 4.98 Å². The second-order valence-electron chi connectivity index (χ2n) is 5.15. The number of hydrogen-bond donors (Lipinski definition) is 2. The molecule has 1 heterocycles. The van der Waals surface area contributed by atoms with Crippen LogP contribution in [0.5, 0.6) is 0 Å². The number of nitrogens with zero attached hydrogens (tertiary/aromatic N) is 1. The second-order valence-corrected chi connectivity index (χ2v) is 6.59. The van der Waals surface area contributed by atoms with E-state index in [0.29, 0.717) is 20.5 Å². The number of hydrogen-bond acceptors (Lipinski definition) is 5. The van der Waals surface area contributed by atoms with Crippen molar-refractivity contribution < 1.29 is 9.59 Å². The lowest BCUT2D eigenvalue weighted by atomic mass is 10.1. The molecule has 0 radical (unpaired) electrons. The zero-order valence-electron chi connectivity index (χ0n) is 13.0. The van der Waals surface area contributed by atoms with E-state index in [4.69, 9.17) is 17.3 Å². The van der Waals surface area contributed by atoms with Crippen LogP contribution in [0, 0.1) is 0 Å². The maximum Gasteiger partial charge on any atom is 0.239 e. The molecule has 0 aliphatic heterocycles. The molecule has 25 heavy (non-hydrogen) atoms. The number of thiazole rings is 1. The van der Waals surface area contributed by atoms with Gasteiger partial charge in [-0.1, -0.05) is 54.1 Å². The highest BCUT2D eigenvalue weighted by Gasteiger charge is 2.21. The van der Waals surface area contributed by atoms with Gasteiger partial charge in [0, 0.05) is 16.1 Å². The highest BCUT2D eigenvalue weighted by Crippen LogP contribution is 2.33. The number of nitrogens with two attached hydrogens (primary N) is 1. The number of amides is 1. The van der Waals surface area contributed by atoms with Crippen molar-refractivity contribution in [2.24, 2.45) is 5.73 Å². The summed E-state index contributed by atoms with van der Waals surface area (Å²) in [5.74, 6) is -0.389. The third kappa shape index (κ3) is 3.93. The van der Waals surface area contributed by atoms with Crippen molar-refractivity contribution in [3.63, 3.8) is 0 Å². The van der Waals surface area contributed by atoms with E-state index in [1.165, 1.54) is 11.3 Å². The van der Waals surface area contributed by atoms with E-state index >= 15 is 0 Å². The van der Waals surface area contributed by atoms with Gasteiger partial charge in [0.05, 0.1) is 6.54 Å². The molecule has 2 aromatic carbocycles. The average molecular weight is 372 g/mol. The molecule has 3 N–H and O–H groups in total. The molecule has 0 aliphatic rings. The molecule has 0 saturated heterocycles. The van der Waals surface area contributed by atoms with Crippen molar-refractivity contribution in [1.29, 1.82) is 0 Å². The topological polar surface area (TPSA) is 85.1 Å². The Morgan fingerprint density at radius 3 is 2.40 bits per heavy atom. The van der Waals surface area contributed by atoms with Gasteiger partial charge in [-0.25, -0.2) is 4.98 Å². The maximum atomic E-state index is 12.8. The van der Waals surface area contributed by atoms with E-state index in [0.717, 1.165) is 5.56 Å². The highest BCUT2D eigenvalue weighted by molar-refractivity contribution is 7.17. The fourth-order valence-electron chi connectivity index (χ4n) is 2.18. The van der Waals surface area contributed by atoms with Crippen LogP contribution in [0.4, 0.5) is 5.82 Å². The van der Waals surface area contributed by atoms with Crippen molar-refractivity contribution >= 4 is 40.4 Å². The minimum Gasteiger partial charge on any atom is -0.322 e. The van der Waals surface area contributed by atoms with Gasteiger partial charge in [-0.2, -0.15) is 0 Å². The molecule has 0 saturated carbocycles. The number of nitrogens with one attached hydrogen (secondary N) is 1. The Balaban J connectivity index is 2.04. The fourth-order valence-corrected chi connectivity index (χ4v) is 3.29. The van der Waals surface area contributed by atoms with Gasteiger partial charge in [0.25, 0.3) is 0 Å². The van der Waals surface area contributed by atoms with Crippen molar-refractivity contribution in [2.75, 3.05) is 11.9 Å². The molecule has 5 nitrogen and oxygen atoms in total. The van der Waals surface area contributed by atoms with Crippen LogP contribution >= 0.6 is 22.9 Å². The summed E-state index contributed by atoms with van der Waals surface area (Å²) < 4.78 is 0. The highest BCUT2D eigenvalue weighted by atomic mass is 35.5. The first kappa shape index (κ1) is 17.3. The van der Waals surface area contributed by atoms with E-state index in [9.17, 15) is 9.59 Å². The lowest BCUT2D eigenvalue weighted by Crippen LogP contribution is -2.23. The summed E-state index contributed by atoms with van der Waals surface area (Å²) in [4.78, 5) is 29.3. The smallest absolute Gasteiger partial charge is 0.239 e. The predicted molar refractivity (Wildman–Crippen MR) is 100 cm³/mol. The van der Waals surface area contributed by atoms with Crippen LogP contribution in [0.1, 0.15) is 15.2 Å². The molecule has 126 valence electrons. The second kappa shape index (κ2) is 7.57. The first-order valence-corrected chi connectivity index (χ1v) is 8.64. The van der Waals surface area contributed by atoms with E-state index < -0.39 is 5.91 Å². The fraction of sp³-hybridized carbons (Fsp3) is 0.0556. The van der Waals surface area contributed by atoms with Gasteiger partial charge in [0.1, 0.15) is 9.88 Å². The number of carbonyl (C=O) groups excluding carboxylic acids is 2. The molecule has 1 aromatic heterocycles.